The fourth-order valence-corrected chi connectivity index (χ4v) is 2.08. The topological polar surface area (TPSA) is 70.5 Å². The third kappa shape index (κ3) is 2.41. The number of amides is 1. The molecule has 1 saturated heterocycles. The highest BCUT2D eigenvalue weighted by atomic mass is 127. The van der Waals surface area contributed by atoms with Crippen molar-refractivity contribution in [2.24, 2.45) is 5.92 Å². The number of aliphatic carboxylic acids is 1. The number of pyridine rings is 1. The lowest BCUT2D eigenvalue weighted by molar-refractivity contribution is -0.141. The summed E-state index contributed by atoms with van der Waals surface area (Å²) < 4.78 is 1.02. The molecule has 0 saturated carbocycles. The minimum absolute atomic E-state index is 0.0576. The molecule has 0 aliphatic carbocycles. The average molecular weight is 346 g/mol. The van der Waals surface area contributed by atoms with Gasteiger partial charge in [-0.05, 0) is 41.6 Å². The van der Waals surface area contributed by atoms with Gasteiger partial charge in [0.1, 0.15) is 5.82 Å². The number of carbonyl (C=O) groups is 2. The predicted octanol–water partition coefficient (Wildman–Crippen LogP) is 1.43. The van der Waals surface area contributed by atoms with E-state index < -0.39 is 11.9 Å². The van der Waals surface area contributed by atoms with Crippen molar-refractivity contribution in [3.05, 3.63) is 21.4 Å². The van der Waals surface area contributed by atoms with Crippen LogP contribution in [-0.4, -0.2) is 28.5 Å². The zero-order chi connectivity index (χ0) is 12.6. The third-order valence-electron chi connectivity index (χ3n) is 2.76. The zero-order valence-electron chi connectivity index (χ0n) is 9.18. The molecule has 17 heavy (non-hydrogen) atoms. The van der Waals surface area contributed by atoms with E-state index >= 15 is 0 Å². The molecule has 1 amide bonds. The Labute approximate surface area is 112 Å². The molecule has 0 spiro atoms. The minimum atomic E-state index is -0.928. The van der Waals surface area contributed by atoms with Crippen LogP contribution in [0.15, 0.2) is 12.1 Å². The van der Waals surface area contributed by atoms with Gasteiger partial charge in [0.05, 0.1) is 11.6 Å². The molecule has 1 aliphatic heterocycles. The van der Waals surface area contributed by atoms with E-state index in [1.54, 1.807) is 6.07 Å². The van der Waals surface area contributed by atoms with E-state index in [2.05, 4.69) is 27.6 Å². The summed E-state index contributed by atoms with van der Waals surface area (Å²) in [5, 5.41) is 8.89. The molecule has 1 aromatic rings. The lowest BCUT2D eigenvalue weighted by Crippen LogP contribution is -2.26. The first-order valence-corrected chi connectivity index (χ1v) is 6.23. The number of rotatable bonds is 2. The van der Waals surface area contributed by atoms with Gasteiger partial charge in [-0.15, -0.1) is 0 Å². The normalized spacial score (nSPS) is 19.8. The Bertz CT molecular complexity index is 490. The van der Waals surface area contributed by atoms with Crippen LogP contribution >= 0.6 is 22.6 Å². The maximum absolute atomic E-state index is 11.7. The summed E-state index contributed by atoms with van der Waals surface area (Å²) in [7, 11) is 0. The van der Waals surface area contributed by atoms with Crippen molar-refractivity contribution in [2.45, 2.75) is 13.3 Å². The molecule has 1 N–H and O–H groups in total. The number of carboxylic acids is 1. The van der Waals surface area contributed by atoms with Crippen molar-refractivity contribution >= 4 is 40.3 Å². The van der Waals surface area contributed by atoms with Crippen LogP contribution in [0.2, 0.25) is 0 Å². The fraction of sp³-hybridized carbons (Fsp3) is 0.364. The summed E-state index contributed by atoms with van der Waals surface area (Å²) in [6, 6.07) is 3.62. The van der Waals surface area contributed by atoms with Gasteiger partial charge in [-0.25, -0.2) is 4.98 Å². The highest BCUT2D eigenvalue weighted by Crippen LogP contribution is 2.24. The third-order valence-corrected chi connectivity index (χ3v) is 3.90. The van der Waals surface area contributed by atoms with E-state index in [0.29, 0.717) is 5.82 Å². The van der Waals surface area contributed by atoms with Crippen LogP contribution in [0, 0.1) is 16.4 Å². The molecule has 0 bridgehead atoms. The number of nitrogens with zero attached hydrogens (tertiary/aromatic N) is 2. The van der Waals surface area contributed by atoms with Crippen LogP contribution in [0.1, 0.15) is 12.1 Å². The Kier molecular flexibility index (Phi) is 3.32. The molecular formula is C11H11IN2O3. The first-order chi connectivity index (χ1) is 7.99. The molecule has 0 aromatic carbocycles. The molecule has 90 valence electrons. The average Bonchev–Trinajstić information content (AvgIpc) is 2.65. The highest BCUT2D eigenvalue weighted by Gasteiger charge is 2.35. The van der Waals surface area contributed by atoms with Gasteiger partial charge in [-0.3, -0.25) is 14.5 Å². The molecular weight excluding hydrogens is 335 g/mol. The summed E-state index contributed by atoms with van der Waals surface area (Å²) in [5.41, 5.74) is 0.842. The lowest BCUT2D eigenvalue weighted by Gasteiger charge is -2.15. The van der Waals surface area contributed by atoms with E-state index in [0.717, 1.165) is 9.26 Å². The monoisotopic (exact) mass is 346 g/mol. The van der Waals surface area contributed by atoms with Gasteiger partial charge < -0.3 is 5.11 Å². The number of halogens is 1. The molecule has 1 unspecified atom stereocenters. The van der Waals surface area contributed by atoms with Gasteiger partial charge in [-0.1, -0.05) is 0 Å². The predicted molar refractivity (Wildman–Crippen MR) is 69.8 cm³/mol. The molecule has 5 nitrogen and oxygen atoms in total. The Hall–Kier alpha value is -1.18. The summed E-state index contributed by atoms with van der Waals surface area (Å²) >= 11 is 2.16. The van der Waals surface area contributed by atoms with Crippen LogP contribution in [0.3, 0.4) is 0 Å². The van der Waals surface area contributed by atoms with E-state index in [9.17, 15) is 9.59 Å². The molecule has 1 aromatic heterocycles. The Morgan fingerprint density at radius 3 is 2.82 bits per heavy atom. The smallest absolute Gasteiger partial charge is 0.308 e. The van der Waals surface area contributed by atoms with Crippen molar-refractivity contribution < 1.29 is 14.7 Å². The number of aryl methyl sites for hydroxylation is 1. The number of hydrogen-bond donors (Lipinski definition) is 1. The Morgan fingerprint density at radius 1 is 1.59 bits per heavy atom. The first-order valence-electron chi connectivity index (χ1n) is 5.15. The van der Waals surface area contributed by atoms with Crippen LogP contribution < -0.4 is 4.90 Å². The molecule has 2 heterocycles. The van der Waals surface area contributed by atoms with E-state index in [4.69, 9.17) is 5.11 Å². The van der Waals surface area contributed by atoms with Crippen LogP contribution in [0.5, 0.6) is 0 Å². The first kappa shape index (κ1) is 12.3. The SMILES string of the molecule is Cc1nc(N2CC(C(=O)O)CC2=O)ccc1I. The lowest BCUT2D eigenvalue weighted by atomic mass is 10.1. The molecule has 1 atom stereocenters. The number of hydrogen-bond acceptors (Lipinski definition) is 3. The summed E-state index contributed by atoms with van der Waals surface area (Å²) in [5.74, 6) is -1.19. The van der Waals surface area contributed by atoms with Crippen molar-refractivity contribution in [3.8, 4) is 0 Å². The van der Waals surface area contributed by atoms with Gasteiger partial charge in [0, 0.05) is 16.5 Å². The summed E-state index contributed by atoms with van der Waals surface area (Å²) in [4.78, 5) is 28.3. The maximum atomic E-state index is 11.7. The Morgan fingerprint density at radius 2 is 2.29 bits per heavy atom. The van der Waals surface area contributed by atoms with E-state index in [1.165, 1.54) is 4.90 Å². The van der Waals surface area contributed by atoms with E-state index in [1.807, 2.05) is 13.0 Å². The number of carbonyl (C=O) groups excluding carboxylic acids is 1. The molecule has 1 fully saturated rings. The maximum Gasteiger partial charge on any atom is 0.308 e. The van der Waals surface area contributed by atoms with E-state index in [-0.39, 0.29) is 18.9 Å². The van der Waals surface area contributed by atoms with Crippen LogP contribution in [0.25, 0.3) is 0 Å². The largest absolute Gasteiger partial charge is 0.481 e. The van der Waals surface area contributed by atoms with Crippen LogP contribution in [0.4, 0.5) is 5.82 Å². The van der Waals surface area contributed by atoms with Gasteiger partial charge in [0.25, 0.3) is 0 Å². The number of carboxylic acid groups (broad SMARTS) is 1. The summed E-state index contributed by atoms with van der Waals surface area (Å²) in [6.07, 6.45) is 0.0576. The van der Waals surface area contributed by atoms with Gasteiger partial charge in [0.15, 0.2) is 0 Å². The summed E-state index contributed by atoms with van der Waals surface area (Å²) in [6.45, 7) is 2.07. The fourth-order valence-electron chi connectivity index (χ4n) is 1.78. The second kappa shape index (κ2) is 4.59. The van der Waals surface area contributed by atoms with Crippen molar-refractivity contribution in [3.63, 3.8) is 0 Å². The molecule has 6 heteroatoms. The number of aromatic nitrogens is 1. The second-order valence-corrected chi connectivity index (χ2v) is 5.14. The quantitative estimate of drug-likeness (QED) is 0.823. The molecule has 0 radical (unpaired) electrons. The Balaban J connectivity index is 2.26. The van der Waals surface area contributed by atoms with Crippen molar-refractivity contribution in [2.75, 3.05) is 11.4 Å². The van der Waals surface area contributed by atoms with Gasteiger partial charge in [0.2, 0.25) is 5.91 Å². The zero-order valence-corrected chi connectivity index (χ0v) is 11.3. The number of anilines is 1. The highest BCUT2D eigenvalue weighted by molar-refractivity contribution is 14.1. The molecule has 2 rings (SSSR count). The molecule has 1 aliphatic rings. The second-order valence-electron chi connectivity index (χ2n) is 3.98. The van der Waals surface area contributed by atoms with Crippen molar-refractivity contribution in [1.29, 1.82) is 0 Å². The standard InChI is InChI=1S/C11H11IN2O3/c1-6-8(12)2-3-9(13-6)14-5-7(11(16)17)4-10(14)15/h2-3,7H,4-5H2,1H3,(H,16,17). The van der Waals surface area contributed by atoms with Crippen LogP contribution in [-0.2, 0) is 9.59 Å². The van der Waals surface area contributed by atoms with Gasteiger partial charge in [-0.2, -0.15) is 0 Å². The minimum Gasteiger partial charge on any atom is -0.481 e. The van der Waals surface area contributed by atoms with Crippen molar-refractivity contribution in [1.82, 2.24) is 4.98 Å². The van der Waals surface area contributed by atoms with Gasteiger partial charge >= 0.3 is 5.97 Å².